The van der Waals surface area contributed by atoms with Crippen molar-refractivity contribution in [1.29, 1.82) is 0 Å². The first kappa shape index (κ1) is 17.4. The number of aromatic nitrogens is 2. The van der Waals surface area contributed by atoms with Crippen molar-refractivity contribution in [1.82, 2.24) is 15.5 Å². The molecule has 0 radical (unpaired) electrons. The molecule has 1 amide bonds. The number of halogens is 1. The second-order valence-electron chi connectivity index (χ2n) is 6.71. The highest BCUT2D eigenvalue weighted by atomic mass is 19.1. The lowest BCUT2D eigenvalue weighted by molar-refractivity contribution is 0.0923. The van der Waals surface area contributed by atoms with Gasteiger partial charge >= 0.3 is 0 Å². The third-order valence-corrected chi connectivity index (χ3v) is 4.76. The van der Waals surface area contributed by atoms with Crippen LogP contribution >= 0.6 is 0 Å². The first-order chi connectivity index (χ1) is 13.0. The molecule has 0 bridgehead atoms. The highest BCUT2D eigenvalue weighted by Crippen LogP contribution is 2.20. The minimum atomic E-state index is -0.539. The molecule has 0 aliphatic carbocycles. The van der Waals surface area contributed by atoms with Crippen LogP contribution < -0.4 is 10.7 Å². The third-order valence-electron chi connectivity index (χ3n) is 4.76. The molecule has 4 rings (SSSR count). The summed E-state index contributed by atoms with van der Waals surface area (Å²) >= 11 is 0. The monoisotopic (exact) mass is 371 g/mol. The van der Waals surface area contributed by atoms with Crippen LogP contribution in [0.4, 0.5) is 4.39 Å². The number of H-pyrrole nitrogens is 1. The number of nitrogens with zero attached hydrogens (tertiary/aromatic N) is 1. The van der Waals surface area contributed by atoms with Crippen LogP contribution in [0.2, 0.25) is 0 Å². The molecule has 0 spiro atoms. The number of hydrogen-bond donors (Lipinski definition) is 2. The van der Waals surface area contributed by atoms with Crippen LogP contribution in [-0.4, -0.2) is 35.3 Å². The van der Waals surface area contributed by atoms with Crippen molar-refractivity contribution in [3.63, 3.8) is 0 Å². The zero-order chi connectivity index (χ0) is 19.0. The predicted molar refractivity (Wildman–Crippen MR) is 95.0 cm³/mol. The Morgan fingerprint density at radius 3 is 3.04 bits per heavy atom. The molecule has 1 saturated heterocycles. The Labute approximate surface area is 153 Å². The zero-order valence-electron chi connectivity index (χ0n) is 14.6. The van der Waals surface area contributed by atoms with Gasteiger partial charge in [-0.2, -0.15) is 0 Å². The Kier molecular flexibility index (Phi) is 4.49. The number of ether oxygens (including phenoxy) is 1. The number of nitrogens with one attached hydrogen (secondary N) is 2. The molecular weight excluding hydrogens is 353 g/mol. The highest BCUT2D eigenvalue weighted by Gasteiger charge is 2.31. The molecule has 1 aromatic carbocycles. The number of rotatable bonds is 4. The van der Waals surface area contributed by atoms with Crippen LogP contribution in [0.3, 0.4) is 0 Å². The molecule has 3 aromatic rings. The van der Waals surface area contributed by atoms with Gasteiger partial charge in [-0.05, 0) is 19.1 Å². The number of amides is 1. The van der Waals surface area contributed by atoms with Crippen molar-refractivity contribution in [3.8, 4) is 0 Å². The SMILES string of the molecule is Cc1cc(C[C@@H]2COC[C@@H]2NC(=O)c2c[nH]c3c(F)cccc3c2=O)on1. The van der Waals surface area contributed by atoms with Gasteiger partial charge in [-0.15, -0.1) is 0 Å². The van der Waals surface area contributed by atoms with Gasteiger partial charge in [-0.25, -0.2) is 4.39 Å². The summed E-state index contributed by atoms with van der Waals surface area (Å²) in [5.74, 6) is -0.320. The van der Waals surface area contributed by atoms with Gasteiger partial charge in [0.25, 0.3) is 5.91 Å². The number of pyridine rings is 1. The number of aryl methyl sites for hydroxylation is 1. The zero-order valence-corrected chi connectivity index (χ0v) is 14.6. The van der Waals surface area contributed by atoms with Crippen LogP contribution in [0.15, 0.2) is 39.8 Å². The van der Waals surface area contributed by atoms with E-state index in [0.29, 0.717) is 19.6 Å². The average Bonchev–Trinajstić information content (AvgIpc) is 3.25. The van der Waals surface area contributed by atoms with Crippen molar-refractivity contribution in [3.05, 3.63) is 63.5 Å². The second kappa shape index (κ2) is 6.96. The predicted octanol–water partition coefficient (Wildman–Crippen LogP) is 1.95. The molecule has 8 heteroatoms. The van der Waals surface area contributed by atoms with Gasteiger partial charge in [0, 0.05) is 30.0 Å². The van der Waals surface area contributed by atoms with Crippen molar-refractivity contribution < 1.29 is 18.4 Å². The van der Waals surface area contributed by atoms with Gasteiger partial charge in [-0.1, -0.05) is 11.2 Å². The molecule has 7 nitrogen and oxygen atoms in total. The van der Waals surface area contributed by atoms with E-state index in [-0.39, 0.29) is 28.4 Å². The normalized spacial score (nSPS) is 19.5. The Hall–Kier alpha value is -3.00. The van der Waals surface area contributed by atoms with E-state index >= 15 is 0 Å². The summed E-state index contributed by atoms with van der Waals surface area (Å²) in [6.07, 6.45) is 1.82. The number of carbonyl (C=O) groups excluding carboxylic acids is 1. The maximum Gasteiger partial charge on any atom is 0.257 e. The number of fused-ring (bicyclic) bond motifs is 1. The van der Waals surface area contributed by atoms with Crippen LogP contribution in [0.25, 0.3) is 10.9 Å². The van der Waals surface area contributed by atoms with Crippen LogP contribution in [0.5, 0.6) is 0 Å². The Morgan fingerprint density at radius 1 is 1.41 bits per heavy atom. The number of carbonyl (C=O) groups is 1. The van der Waals surface area contributed by atoms with Gasteiger partial charge < -0.3 is 19.6 Å². The molecule has 1 aliphatic heterocycles. The van der Waals surface area contributed by atoms with Crippen LogP contribution in [0.1, 0.15) is 21.8 Å². The maximum atomic E-state index is 13.8. The standard InChI is InChI=1S/C19H18FN3O4/c1-10-5-12(27-23-10)6-11-8-26-9-16(11)22-19(25)14-7-21-17-13(18(14)24)3-2-4-15(17)20/h2-5,7,11,16H,6,8-9H2,1H3,(H,21,24)(H,22,25)/t11-,16+/m1/s1. The fourth-order valence-electron chi connectivity index (χ4n) is 3.36. The molecule has 1 aliphatic rings. The molecular formula is C19H18FN3O4. The Balaban J connectivity index is 1.54. The first-order valence-corrected chi connectivity index (χ1v) is 8.63. The lowest BCUT2D eigenvalue weighted by atomic mass is 9.98. The van der Waals surface area contributed by atoms with Gasteiger partial charge in [-0.3, -0.25) is 9.59 Å². The van der Waals surface area contributed by atoms with Gasteiger partial charge in [0.1, 0.15) is 17.1 Å². The van der Waals surface area contributed by atoms with E-state index in [1.807, 2.05) is 13.0 Å². The Bertz CT molecular complexity index is 1060. The minimum Gasteiger partial charge on any atom is -0.379 e. The van der Waals surface area contributed by atoms with E-state index in [1.54, 1.807) is 0 Å². The quantitative estimate of drug-likeness (QED) is 0.731. The largest absolute Gasteiger partial charge is 0.379 e. The summed E-state index contributed by atoms with van der Waals surface area (Å²) in [5.41, 5.74) is 0.303. The summed E-state index contributed by atoms with van der Waals surface area (Å²) < 4.78 is 24.5. The molecule has 140 valence electrons. The third kappa shape index (κ3) is 3.35. The summed E-state index contributed by atoms with van der Waals surface area (Å²) in [6.45, 7) is 2.67. The Morgan fingerprint density at radius 2 is 2.26 bits per heavy atom. The van der Waals surface area contributed by atoms with Gasteiger partial charge in [0.2, 0.25) is 5.43 Å². The van der Waals surface area contributed by atoms with Crippen molar-refractivity contribution in [2.75, 3.05) is 13.2 Å². The minimum absolute atomic E-state index is 0.0123. The fourth-order valence-corrected chi connectivity index (χ4v) is 3.36. The second-order valence-corrected chi connectivity index (χ2v) is 6.71. The van der Waals surface area contributed by atoms with Crippen LogP contribution in [-0.2, 0) is 11.2 Å². The van der Waals surface area contributed by atoms with E-state index < -0.39 is 17.2 Å². The average molecular weight is 371 g/mol. The summed E-state index contributed by atoms with van der Waals surface area (Å²) in [6, 6.07) is 5.77. The molecule has 2 atom stereocenters. The van der Waals surface area contributed by atoms with E-state index in [4.69, 9.17) is 9.26 Å². The van der Waals surface area contributed by atoms with Gasteiger partial charge in [0.05, 0.1) is 30.5 Å². The molecule has 2 aromatic heterocycles. The number of benzene rings is 1. The first-order valence-electron chi connectivity index (χ1n) is 8.63. The highest BCUT2D eigenvalue weighted by molar-refractivity contribution is 5.97. The van der Waals surface area contributed by atoms with E-state index in [9.17, 15) is 14.0 Å². The van der Waals surface area contributed by atoms with Crippen molar-refractivity contribution in [2.45, 2.75) is 19.4 Å². The smallest absolute Gasteiger partial charge is 0.257 e. The maximum absolute atomic E-state index is 13.8. The lowest BCUT2D eigenvalue weighted by Gasteiger charge is -2.18. The molecule has 3 heterocycles. The fraction of sp³-hybridized carbons (Fsp3) is 0.316. The number of hydrogen-bond acceptors (Lipinski definition) is 5. The number of aromatic amines is 1. The molecule has 0 saturated carbocycles. The molecule has 2 N–H and O–H groups in total. The number of para-hydroxylation sites is 1. The van der Waals surface area contributed by atoms with Gasteiger partial charge in [0.15, 0.2) is 0 Å². The molecule has 1 fully saturated rings. The summed E-state index contributed by atoms with van der Waals surface area (Å²) in [4.78, 5) is 27.9. The summed E-state index contributed by atoms with van der Waals surface area (Å²) in [7, 11) is 0. The molecule has 27 heavy (non-hydrogen) atoms. The van der Waals surface area contributed by atoms with Crippen molar-refractivity contribution in [2.24, 2.45) is 5.92 Å². The van der Waals surface area contributed by atoms with E-state index in [0.717, 1.165) is 11.5 Å². The summed E-state index contributed by atoms with van der Waals surface area (Å²) in [5, 5.41) is 6.85. The molecule has 0 unspecified atom stereocenters. The topological polar surface area (TPSA) is 97.2 Å². The van der Waals surface area contributed by atoms with E-state index in [2.05, 4.69) is 15.5 Å². The lowest BCUT2D eigenvalue weighted by Crippen LogP contribution is -2.42. The van der Waals surface area contributed by atoms with Crippen LogP contribution in [0, 0.1) is 18.7 Å². The van der Waals surface area contributed by atoms with Crippen molar-refractivity contribution >= 4 is 16.8 Å². The van der Waals surface area contributed by atoms with E-state index in [1.165, 1.54) is 24.4 Å².